The maximum absolute atomic E-state index is 13.0. The van der Waals surface area contributed by atoms with Crippen LogP contribution in [0.1, 0.15) is 43.5 Å². The number of carbonyl (C=O) groups excluding carboxylic acids is 1. The van der Waals surface area contributed by atoms with E-state index in [2.05, 4.69) is 24.1 Å². The van der Waals surface area contributed by atoms with Crippen molar-refractivity contribution in [1.29, 1.82) is 0 Å². The van der Waals surface area contributed by atoms with Gasteiger partial charge in [-0.25, -0.2) is 4.98 Å². The third kappa shape index (κ3) is 2.86. The number of pyridine rings is 1. The van der Waals surface area contributed by atoms with Crippen LogP contribution in [0.2, 0.25) is 0 Å². The first-order valence-corrected chi connectivity index (χ1v) is 6.50. The number of nitrogens with zero attached hydrogens (tertiary/aromatic N) is 1. The van der Waals surface area contributed by atoms with Crippen molar-refractivity contribution in [2.24, 2.45) is 11.8 Å². The lowest BCUT2D eigenvalue weighted by molar-refractivity contribution is 0.0890. The molecule has 1 aromatic rings. The molecule has 1 amide bonds. The maximum Gasteiger partial charge on any atom is 0.251 e. The van der Waals surface area contributed by atoms with Crippen LogP contribution in [0.4, 0.5) is 4.39 Å². The summed E-state index contributed by atoms with van der Waals surface area (Å²) in [7, 11) is 0. The first-order chi connectivity index (χ1) is 8.58. The summed E-state index contributed by atoms with van der Waals surface area (Å²) < 4.78 is 13.0. The summed E-state index contributed by atoms with van der Waals surface area (Å²) in [6.07, 6.45) is 4.68. The van der Waals surface area contributed by atoms with E-state index in [4.69, 9.17) is 0 Å². The van der Waals surface area contributed by atoms with Crippen molar-refractivity contribution in [1.82, 2.24) is 10.3 Å². The van der Waals surface area contributed by atoms with Gasteiger partial charge >= 0.3 is 0 Å². The zero-order valence-corrected chi connectivity index (χ0v) is 10.8. The summed E-state index contributed by atoms with van der Waals surface area (Å²) in [6, 6.07) is 2.90. The van der Waals surface area contributed by atoms with E-state index in [9.17, 15) is 9.18 Å². The van der Waals surface area contributed by atoms with E-state index in [-0.39, 0.29) is 11.9 Å². The lowest BCUT2D eigenvalue weighted by Crippen LogP contribution is -2.43. The van der Waals surface area contributed by atoms with Gasteiger partial charge in [-0.1, -0.05) is 26.7 Å². The second-order valence-corrected chi connectivity index (χ2v) is 5.21. The zero-order valence-electron chi connectivity index (χ0n) is 10.8. The van der Waals surface area contributed by atoms with Gasteiger partial charge < -0.3 is 5.32 Å². The first-order valence-electron chi connectivity index (χ1n) is 6.50. The monoisotopic (exact) mass is 250 g/mol. The quantitative estimate of drug-likeness (QED) is 0.820. The molecule has 0 aromatic carbocycles. The summed E-state index contributed by atoms with van der Waals surface area (Å²) in [4.78, 5) is 15.5. The second-order valence-electron chi connectivity index (χ2n) is 5.21. The molecule has 1 aliphatic carbocycles. The van der Waals surface area contributed by atoms with E-state index in [0.29, 0.717) is 17.4 Å². The molecule has 0 aliphatic heterocycles. The molecule has 1 saturated carbocycles. The third-order valence-corrected chi connectivity index (χ3v) is 4.01. The van der Waals surface area contributed by atoms with E-state index < -0.39 is 5.95 Å². The van der Waals surface area contributed by atoms with Gasteiger partial charge in [-0.2, -0.15) is 4.39 Å². The van der Waals surface area contributed by atoms with Crippen molar-refractivity contribution in [3.05, 3.63) is 29.8 Å². The van der Waals surface area contributed by atoms with Crippen molar-refractivity contribution < 1.29 is 9.18 Å². The van der Waals surface area contributed by atoms with Gasteiger partial charge in [0.1, 0.15) is 0 Å². The molecular formula is C14H19FN2O. The van der Waals surface area contributed by atoms with Crippen LogP contribution in [0.25, 0.3) is 0 Å². The number of hydrogen-bond donors (Lipinski definition) is 1. The Bertz CT molecular complexity index is 436. The minimum Gasteiger partial charge on any atom is -0.349 e. The molecule has 1 heterocycles. The normalized spacial score (nSPS) is 27.8. The highest BCUT2D eigenvalue weighted by Crippen LogP contribution is 2.29. The fourth-order valence-electron chi connectivity index (χ4n) is 2.58. The number of carbonyl (C=O) groups is 1. The van der Waals surface area contributed by atoms with Crippen LogP contribution in [0.15, 0.2) is 18.3 Å². The summed E-state index contributed by atoms with van der Waals surface area (Å²) in [6.45, 7) is 4.39. The van der Waals surface area contributed by atoms with E-state index in [0.717, 1.165) is 12.8 Å². The summed E-state index contributed by atoms with van der Waals surface area (Å²) in [5.41, 5.74) is 0.341. The summed E-state index contributed by atoms with van der Waals surface area (Å²) in [5, 5.41) is 3.01. The molecular weight excluding hydrogens is 231 g/mol. The van der Waals surface area contributed by atoms with Gasteiger partial charge in [-0.3, -0.25) is 4.79 Å². The average Bonchev–Trinajstić information content (AvgIpc) is 2.35. The molecule has 1 aliphatic rings. The SMILES string of the molecule is C[C@@H]1[C@H](C)CCC[C@@H]1NC(=O)c1ccnc(F)c1. The first kappa shape index (κ1) is 13.0. The van der Waals surface area contributed by atoms with Crippen LogP contribution in [0.5, 0.6) is 0 Å². The molecule has 1 fully saturated rings. The molecule has 0 saturated heterocycles. The van der Waals surface area contributed by atoms with E-state index in [1.165, 1.54) is 24.8 Å². The molecule has 0 radical (unpaired) electrons. The number of halogens is 1. The van der Waals surface area contributed by atoms with E-state index in [1.807, 2.05) is 0 Å². The number of aromatic nitrogens is 1. The molecule has 3 nitrogen and oxygen atoms in total. The summed E-state index contributed by atoms with van der Waals surface area (Å²) >= 11 is 0. The molecule has 0 bridgehead atoms. The molecule has 0 unspecified atom stereocenters. The molecule has 4 heteroatoms. The minimum absolute atomic E-state index is 0.192. The van der Waals surface area contributed by atoms with Crippen LogP contribution in [-0.4, -0.2) is 16.9 Å². The van der Waals surface area contributed by atoms with Gasteiger partial charge in [0.2, 0.25) is 5.95 Å². The topological polar surface area (TPSA) is 42.0 Å². The van der Waals surface area contributed by atoms with Crippen LogP contribution < -0.4 is 5.32 Å². The van der Waals surface area contributed by atoms with Gasteiger partial charge in [-0.15, -0.1) is 0 Å². The Hall–Kier alpha value is -1.45. The van der Waals surface area contributed by atoms with Gasteiger partial charge in [0, 0.05) is 23.9 Å². The largest absolute Gasteiger partial charge is 0.349 e. The fraction of sp³-hybridized carbons (Fsp3) is 0.571. The Kier molecular flexibility index (Phi) is 3.94. The molecule has 3 atom stereocenters. The second kappa shape index (κ2) is 5.46. The minimum atomic E-state index is -0.618. The van der Waals surface area contributed by atoms with Crippen molar-refractivity contribution in [2.45, 2.75) is 39.2 Å². The predicted octanol–water partition coefficient (Wildman–Crippen LogP) is 2.78. The van der Waals surface area contributed by atoms with Crippen molar-refractivity contribution in [2.75, 3.05) is 0 Å². The van der Waals surface area contributed by atoms with Crippen LogP contribution in [0, 0.1) is 17.8 Å². The zero-order chi connectivity index (χ0) is 13.1. The average molecular weight is 250 g/mol. The highest BCUT2D eigenvalue weighted by Gasteiger charge is 2.28. The smallest absolute Gasteiger partial charge is 0.251 e. The Morgan fingerprint density at radius 3 is 2.94 bits per heavy atom. The Morgan fingerprint density at radius 2 is 2.22 bits per heavy atom. The Balaban J connectivity index is 2.03. The molecule has 1 N–H and O–H groups in total. The van der Waals surface area contributed by atoms with Crippen LogP contribution >= 0.6 is 0 Å². The van der Waals surface area contributed by atoms with Gasteiger partial charge in [0.25, 0.3) is 5.91 Å². The maximum atomic E-state index is 13.0. The molecule has 2 rings (SSSR count). The van der Waals surface area contributed by atoms with E-state index in [1.54, 1.807) is 0 Å². The van der Waals surface area contributed by atoms with E-state index >= 15 is 0 Å². The van der Waals surface area contributed by atoms with Gasteiger partial charge in [-0.05, 0) is 24.3 Å². The Morgan fingerprint density at radius 1 is 1.44 bits per heavy atom. The molecule has 0 spiro atoms. The standard InChI is InChI=1S/C14H19FN2O/c1-9-4-3-5-12(10(9)2)17-14(18)11-6-7-16-13(15)8-11/h6-10,12H,3-5H2,1-2H3,(H,17,18)/t9-,10-,12+/m1/s1. The highest BCUT2D eigenvalue weighted by atomic mass is 19.1. The Labute approximate surface area is 107 Å². The van der Waals surface area contributed by atoms with Crippen molar-refractivity contribution in [3.63, 3.8) is 0 Å². The van der Waals surface area contributed by atoms with Crippen LogP contribution in [-0.2, 0) is 0 Å². The van der Waals surface area contributed by atoms with Crippen LogP contribution in [0.3, 0.4) is 0 Å². The number of nitrogens with one attached hydrogen (secondary N) is 1. The fourth-order valence-corrected chi connectivity index (χ4v) is 2.58. The molecule has 1 aromatic heterocycles. The highest BCUT2D eigenvalue weighted by molar-refractivity contribution is 5.94. The lowest BCUT2D eigenvalue weighted by Gasteiger charge is -2.34. The number of hydrogen-bond acceptors (Lipinski definition) is 2. The number of rotatable bonds is 2. The lowest BCUT2D eigenvalue weighted by atomic mass is 9.78. The predicted molar refractivity (Wildman–Crippen MR) is 67.6 cm³/mol. The van der Waals surface area contributed by atoms with Crippen molar-refractivity contribution in [3.8, 4) is 0 Å². The molecule has 18 heavy (non-hydrogen) atoms. The third-order valence-electron chi connectivity index (χ3n) is 4.01. The van der Waals surface area contributed by atoms with Gasteiger partial charge in [0.05, 0.1) is 0 Å². The number of amides is 1. The van der Waals surface area contributed by atoms with Gasteiger partial charge in [0.15, 0.2) is 0 Å². The van der Waals surface area contributed by atoms with Crippen molar-refractivity contribution >= 4 is 5.91 Å². The summed E-state index contributed by atoms with van der Waals surface area (Å²) in [5.74, 6) is 0.266. The molecule has 98 valence electrons.